The highest BCUT2D eigenvalue weighted by atomic mass is 19.4. The first kappa shape index (κ1) is 14.6. The molecule has 1 aliphatic heterocycles. The molecular weight excluding hydrogens is 271 g/mol. The summed E-state index contributed by atoms with van der Waals surface area (Å²) in [4.78, 5) is 16.6. The van der Waals surface area contributed by atoms with Crippen molar-refractivity contribution in [3.05, 3.63) is 24.0 Å². The fourth-order valence-electron chi connectivity index (χ4n) is 2.42. The molecule has 2 atom stereocenters. The molecule has 1 fully saturated rings. The van der Waals surface area contributed by atoms with Crippen LogP contribution in [0.2, 0.25) is 0 Å². The van der Waals surface area contributed by atoms with Crippen LogP contribution in [0.25, 0.3) is 0 Å². The summed E-state index contributed by atoms with van der Waals surface area (Å²) in [5, 5.41) is 0. The second-order valence-corrected chi connectivity index (χ2v) is 5.12. The van der Waals surface area contributed by atoms with E-state index in [4.69, 9.17) is 5.73 Å². The molecule has 1 aliphatic rings. The number of carbonyl (C=O) groups excluding carboxylic acids is 1. The van der Waals surface area contributed by atoms with Gasteiger partial charge in [0, 0.05) is 25.2 Å². The fraction of sp³-hybridized carbons (Fsp3) is 0.538. The van der Waals surface area contributed by atoms with Crippen molar-refractivity contribution < 1.29 is 18.0 Å². The highest BCUT2D eigenvalue weighted by molar-refractivity contribution is 5.76. The Morgan fingerprint density at radius 1 is 1.50 bits per heavy atom. The number of nitrogens with two attached hydrogens (primary N) is 1. The first-order chi connectivity index (χ1) is 9.29. The van der Waals surface area contributed by atoms with Gasteiger partial charge in [0.25, 0.3) is 0 Å². The van der Waals surface area contributed by atoms with E-state index >= 15 is 0 Å². The average molecular weight is 287 g/mol. The summed E-state index contributed by atoms with van der Waals surface area (Å²) in [5.74, 6) is -0.584. The number of nitrogens with zero attached hydrogens (tertiary/aromatic N) is 2. The van der Waals surface area contributed by atoms with Crippen molar-refractivity contribution in [2.24, 2.45) is 17.6 Å². The largest absolute Gasteiger partial charge is 0.417 e. The molecule has 0 spiro atoms. The molecule has 1 amide bonds. The second-order valence-electron chi connectivity index (χ2n) is 5.12. The van der Waals surface area contributed by atoms with E-state index in [0.717, 1.165) is 18.7 Å². The third-order valence-corrected chi connectivity index (χ3v) is 3.80. The van der Waals surface area contributed by atoms with Crippen LogP contribution in [-0.2, 0) is 11.0 Å². The van der Waals surface area contributed by atoms with Crippen LogP contribution in [0.3, 0.4) is 0 Å². The van der Waals surface area contributed by atoms with Gasteiger partial charge in [0.15, 0.2) is 0 Å². The van der Waals surface area contributed by atoms with Gasteiger partial charge in [-0.15, -0.1) is 0 Å². The van der Waals surface area contributed by atoms with Crippen molar-refractivity contribution in [1.82, 2.24) is 4.98 Å². The molecule has 20 heavy (non-hydrogen) atoms. The second kappa shape index (κ2) is 5.30. The number of amides is 1. The van der Waals surface area contributed by atoms with Gasteiger partial charge in [-0.25, -0.2) is 0 Å². The number of alkyl halides is 3. The van der Waals surface area contributed by atoms with E-state index < -0.39 is 11.7 Å². The molecule has 1 aromatic rings. The van der Waals surface area contributed by atoms with Crippen LogP contribution in [0, 0.1) is 11.8 Å². The number of halogens is 3. The summed E-state index contributed by atoms with van der Waals surface area (Å²) in [6.45, 7) is 2.87. The molecule has 0 radical (unpaired) electrons. The molecular formula is C13H16F3N3O. The molecule has 2 heterocycles. The maximum absolute atomic E-state index is 12.6. The molecule has 1 saturated heterocycles. The zero-order valence-electron chi connectivity index (χ0n) is 11.0. The van der Waals surface area contributed by atoms with Crippen molar-refractivity contribution in [2.75, 3.05) is 18.0 Å². The highest BCUT2D eigenvalue weighted by Crippen LogP contribution is 2.33. The quantitative estimate of drug-likeness (QED) is 0.925. The van der Waals surface area contributed by atoms with Gasteiger partial charge in [-0.05, 0) is 18.4 Å². The van der Waals surface area contributed by atoms with Crippen LogP contribution in [-0.4, -0.2) is 24.0 Å². The van der Waals surface area contributed by atoms with Crippen molar-refractivity contribution in [3.63, 3.8) is 0 Å². The van der Waals surface area contributed by atoms with Crippen LogP contribution in [0.4, 0.5) is 18.9 Å². The van der Waals surface area contributed by atoms with Crippen LogP contribution in [0.1, 0.15) is 18.9 Å². The van der Waals surface area contributed by atoms with Crippen molar-refractivity contribution >= 4 is 11.6 Å². The molecule has 2 rings (SSSR count). The summed E-state index contributed by atoms with van der Waals surface area (Å²) in [7, 11) is 0. The first-order valence-electron chi connectivity index (χ1n) is 6.35. The standard InChI is InChI=1S/C13H16F3N3O/c1-8(12(17)20)9-2-3-19(7-9)11-4-10(5-18-6-11)13(14,15)16/h4-6,8-9H,2-3,7H2,1H3,(H2,17,20)/t8?,9-/m0/s1. The Bertz CT molecular complexity index is 504. The summed E-state index contributed by atoms with van der Waals surface area (Å²) >= 11 is 0. The minimum atomic E-state index is -4.40. The van der Waals surface area contributed by atoms with Gasteiger partial charge in [0.05, 0.1) is 17.4 Å². The molecule has 7 heteroatoms. The van der Waals surface area contributed by atoms with Crippen LogP contribution >= 0.6 is 0 Å². The van der Waals surface area contributed by atoms with Gasteiger partial charge in [0.2, 0.25) is 5.91 Å². The van der Waals surface area contributed by atoms with E-state index in [1.807, 2.05) is 4.90 Å². The molecule has 110 valence electrons. The Balaban J connectivity index is 2.13. The number of primary amides is 1. The summed E-state index contributed by atoms with van der Waals surface area (Å²) in [5.41, 5.74) is 4.93. The van der Waals surface area contributed by atoms with Crippen LogP contribution in [0.5, 0.6) is 0 Å². The molecule has 1 aromatic heterocycles. The van der Waals surface area contributed by atoms with E-state index in [1.54, 1.807) is 6.92 Å². The number of hydrogen-bond acceptors (Lipinski definition) is 3. The van der Waals surface area contributed by atoms with E-state index in [0.29, 0.717) is 18.8 Å². The molecule has 2 N–H and O–H groups in total. The molecule has 0 saturated carbocycles. The van der Waals surface area contributed by atoms with Gasteiger partial charge in [-0.3, -0.25) is 9.78 Å². The third-order valence-electron chi connectivity index (χ3n) is 3.80. The van der Waals surface area contributed by atoms with Crippen molar-refractivity contribution in [3.8, 4) is 0 Å². The smallest absolute Gasteiger partial charge is 0.370 e. The van der Waals surface area contributed by atoms with E-state index in [9.17, 15) is 18.0 Å². The Labute approximate surface area is 114 Å². The monoisotopic (exact) mass is 287 g/mol. The highest BCUT2D eigenvalue weighted by Gasteiger charge is 2.33. The number of aromatic nitrogens is 1. The fourth-order valence-corrected chi connectivity index (χ4v) is 2.42. The minimum absolute atomic E-state index is 0.0713. The van der Waals surface area contributed by atoms with E-state index in [2.05, 4.69) is 4.98 Å². The first-order valence-corrected chi connectivity index (χ1v) is 6.35. The Morgan fingerprint density at radius 3 is 2.80 bits per heavy atom. The van der Waals surface area contributed by atoms with Gasteiger partial charge in [-0.1, -0.05) is 6.92 Å². The lowest BCUT2D eigenvalue weighted by atomic mass is 9.93. The van der Waals surface area contributed by atoms with Crippen LogP contribution in [0.15, 0.2) is 18.5 Å². The molecule has 1 unspecified atom stereocenters. The molecule has 0 bridgehead atoms. The lowest BCUT2D eigenvalue weighted by molar-refractivity contribution is -0.137. The van der Waals surface area contributed by atoms with Crippen molar-refractivity contribution in [2.45, 2.75) is 19.5 Å². The number of pyridine rings is 1. The lowest BCUT2D eigenvalue weighted by Crippen LogP contribution is -2.30. The maximum atomic E-state index is 12.6. The Morgan fingerprint density at radius 2 is 2.20 bits per heavy atom. The van der Waals surface area contributed by atoms with Gasteiger partial charge in [0.1, 0.15) is 0 Å². The van der Waals surface area contributed by atoms with Crippen molar-refractivity contribution in [1.29, 1.82) is 0 Å². The Hall–Kier alpha value is -1.79. The average Bonchev–Trinajstić information content (AvgIpc) is 2.86. The van der Waals surface area contributed by atoms with Gasteiger partial charge >= 0.3 is 6.18 Å². The van der Waals surface area contributed by atoms with Crippen LogP contribution < -0.4 is 10.6 Å². The predicted molar refractivity (Wildman–Crippen MR) is 67.9 cm³/mol. The van der Waals surface area contributed by atoms with E-state index in [1.165, 1.54) is 6.20 Å². The van der Waals surface area contributed by atoms with E-state index in [-0.39, 0.29) is 17.7 Å². The molecule has 4 nitrogen and oxygen atoms in total. The maximum Gasteiger partial charge on any atom is 0.417 e. The number of hydrogen-bond donors (Lipinski definition) is 1. The molecule has 0 aromatic carbocycles. The van der Waals surface area contributed by atoms with Gasteiger partial charge < -0.3 is 10.6 Å². The number of carbonyl (C=O) groups is 1. The summed E-state index contributed by atoms with van der Waals surface area (Å²) < 4.78 is 37.9. The zero-order valence-corrected chi connectivity index (χ0v) is 11.0. The minimum Gasteiger partial charge on any atom is -0.370 e. The topological polar surface area (TPSA) is 59.2 Å². The summed E-state index contributed by atoms with van der Waals surface area (Å²) in [6, 6.07) is 1.09. The Kier molecular flexibility index (Phi) is 3.87. The predicted octanol–water partition coefficient (Wildman–Crippen LogP) is 2.05. The SMILES string of the molecule is CC(C(N)=O)[C@H]1CCN(c2cncc(C(F)(F)F)c2)C1. The third kappa shape index (κ3) is 3.02. The molecule has 0 aliphatic carbocycles. The normalized spacial score (nSPS) is 21.0. The van der Waals surface area contributed by atoms with Gasteiger partial charge in [-0.2, -0.15) is 13.2 Å². The number of rotatable bonds is 3. The lowest BCUT2D eigenvalue weighted by Gasteiger charge is -2.21. The zero-order chi connectivity index (χ0) is 14.9. The number of anilines is 1. The summed E-state index contributed by atoms with van der Waals surface area (Å²) in [6.07, 6.45) is -1.45.